The number of urea groups is 1. The number of carbonyl (C=O) groups is 2. The zero-order chi connectivity index (χ0) is 12.0. The van der Waals surface area contributed by atoms with E-state index in [1.165, 1.54) is 11.3 Å². The lowest BCUT2D eigenvalue weighted by molar-refractivity contribution is -0.119. The van der Waals surface area contributed by atoms with Gasteiger partial charge in [0.25, 0.3) is 0 Å². The number of nitrogens with zero attached hydrogens (tertiary/aromatic N) is 1. The quantitative estimate of drug-likeness (QED) is 0.805. The molecule has 3 amide bonds. The molecule has 0 bridgehead atoms. The topological polar surface area (TPSA) is 71.1 Å². The Balaban J connectivity index is 2.27. The average Bonchev–Trinajstić information content (AvgIpc) is 2.61. The van der Waals surface area contributed by atoms with Crippen LogP contribution in [0.4, 0.5) is 4.79 Å². The lowest BCUT2D eigenvalue weighted by Crippen LogP contribution is -2.39. The minimum absolute atomic E-state index is 0.134. The van der Waals surface area contributed by atoms with Gasteiger partial charge in [-0.3, -0.25) is 10.1 Å². The molecule has 0 aliphatic carbocycles. The van der Waals surface area contributed by atoms with Crippen molar-refractivity contribution < 1.29 is 9.59 Å². The van der Waals surface area contributed by atoms with Gasteiger partial charge in [0.15, 0.2) is 0 Å². The number of amides is 3. The number of imide groups is 1. The summed E-state index contributed by atoms with van der Waals surface area (Å²) >= 11 is 6.86. The van der Waals surface area contributed by atoms with Gasteiger partial charge in [-0.2, -0.15) is 0 Å². The molecule has 1 rings (SSSR count). The highest BCUT2D eigenvalue weighted by Crippen LogP contribution is 2.10. The predicted octanol–water partition coefficient (Wildman–Crippen LogP) is 1.41. The lowest BCUT2D eigenvalue weighted by atomic mass is 10.4. The predicted molar refractivity (Wildman–Crippen MR) is 62.6 cm³/mol. The summed E-state index contributed by atoms with van der Waals surface area (Å²) in [5, 5.41) is 5.67. The van der Waals surface area contributed by atoms with E-state index in [1.54, 1.807) is 6.20 Å². The van der Waals surface area contributed by atoms with Crippen LogP contribution < -0.4 is 10.6 Å². The molecule has 1 aromatic rings. The highest BCUT2D eigenvalue weighted by Gasteiger charge is 2.06. The number of hydrogen-bond donors (Lipinski definition) is 2. The Hall–Kier alpha value is -1.14. The number of hydrogen-bond acceptors (Lipinski definition) is 4. The Bertz CT molecular complexity index is 381. The van der Waals surface area contributed by atoms with Crippen LogP contribution in [0.1, 0.15) is 16.3 Å². The normalized spacial score (nSPS) is 9.88. The summed E-state index contributed by atoms with van der Waals surface area (Å²) in [6, 6.07) is -0.513. The SMILES string of the molecule is Cc1ncc(CNC(=O)NC(=O)CCCl)s1. The molecule has 0 aromatic carbocycles. The van der Waals surface area contributed by atoms with Crippen molar-refractivity contribution in [3.05, 3.63) is 16.1 Å². The Morgan fingerprint density at radius 2 is 2.31 bits per heavy atom. The molecule has 1 heterocycles. The summed E-state index contributed by atoms with van der Waals surface area (Å²) < 4.78 is 0. The van der Waals surface area contributed by atoms with Crippen LogP contribution in [0.5, 0.6) is 0 Å². The molecule has 7 heteroatoms. The van der Waals surface area contributed by atoms with E-state index in [2.05, 4.69) is 15.6 Å². The molecular weight excluding hydrogens is 250 g/mol. The van der Waals surface area contributed by atoms with Crippen LogP contribution in [-0.2, 0) is 11.3 Å². The third-order valence-corrected chi connectivity index (χ3v) is 2.77. The van der Waals surface area contributed by atoms with Gasteiger partial charge < -0.3 is 5.32 Å². The molecule has 88 valence electrons. The Morgan fingerprint density at radius 1 is 1.56 bits per heavy atom. The van der Waals surface area contributed by atoms with E-state index in [9.17, 15) is 9.59 Å². The molecule has 2 N–H and O–H groups in total. The van der Waals surface area contributed by atoms with Crippen LogP contribution in [0, 0.1) is 6.92 Å². The smallest absolute Gasteiger partial charge is 0.321 e. The molecule has 16 heavy (non-hydrogen) atoms. The summed E-state index contributed by atoms with van der Waals surface area (Å²) in [6.07, 6.45) is 1.83. The largest absolute Gasteiger partial charge is 0.333 e. The number of alkyl halides is 1. The summed E-state index contributed by atoms with van der Waals surface area (Å²) in [4.78, 5) is 27.2. The van der Waals surface area contributed by atoms with Gasteiger partial charge in [0, 0.05) is 23.4 Å². The molecule has 0 unspecified atom stereocenters. The van der Waals surface area contributed by atoms with Crippen LogP contribution in [-0.4, -0.2) is 22.8 Å². The van der Waals surface area contributed by atoms with Gasteiger partial charge in [0.05, 0.1) is 11.6 Å². The summed E-state index contributed by atoms with van der Waals surface area (Å²) in [5.74, 6) is -0.180. The Morgan fingerprint density at radius 3 is 2.88 bits per heavy atom. The van der Waals surface area contributed by atoms with Crippen LogP contribution in [0.3, 0.4) is 0 Å². The number of nitrogens with one attached hydrogen (secondary N) is 2. The van der Waals surface area contributed by atoms with E-state index in [0.717, 1.165) is 9.88 Å². The molecule has 0 atom stereocenters. The third kappa shape index (κ3) is 4.59. The number of carbonyl (C=O) groups excluding carboxylic acids is 2. The third-order valence-electron chi connectivity index (χ3n) is 1.67. The van der Waals surface area contributed by atoms with Crippen molar-refractivity contribution in [2.24, 2.45) is 0 Å². The second kappa shape index (κ2) is 6.44. The molecule has 0 radical (unpaired) electrons. The van der Waals surface area contributed by atoms with Gasteiger partial charge >= 0.3 is 6.03 Å². The molecule has 0 aliphatic rings. The van der Waals surface area contributed by atoms with Crippen molar-refractivity contribution in [3.8, 4) is 0 Å². The van der Waals surface area contributed by atoms with E-state index in [4.69, 9.17) is 11.6 Å². The standard InChI is InChI=1S/C9H12ClN3O2S/c1-6-11-4-7(16-6)5-12-9(15)13-8(14)2-3-10/h4H,2-3,5H2,1H3,(H2,12,13,14,15). The fraction of sp³-hybridized carbons (Fsp3) is 0.444. The number of thiazole rings is 1. The number of aryl methyl sites for hydroxylation is 1. The van der Waals surface area contributed by atoms with E-state index in [0.29, 0.717) is 6.54 Å². The number of halogens is 1. The second-order valence-electron chi connectivity index (χ2n) is 3.02. The molecule has 5 nitrogen and oxygen atoms in total. The van der Waals surface area contributed by atoms with Gasteiger partial charge in [-0.05, 0) is 6.92 Å². The van der Waals surface area contributed by atoms with Crippen LogP contribution in [0.2, 0.25) is 0 Å². The average molecular weight is 262 g/mol. The summed E-state index contributed by atoms with van der Waals surface area (Å²) in [7, 11) is 0. The summed E-state index contributed by atoms with van der Waals surface area (Å²) in [5.41, 5.74) is 0. The van der Waals surface area contributed by atoms with Crippen LogP contribution in [0.15, 0.2) is 6.20 Å². The first-order valence-corrected chi connectivity index (χ1v) is 6.02. The first-order valence-electron chi connectivity index (χ1n) is 4.66. The maximum absolute atomic E-state index is 11.2. The fourth-order valence-electron chi connectivity index (χ4n) is 0.974. The molecular formula is C9H12ClN3O2S. The van der Waals surface area contributed by atoms with Gasteiger partial charge in [-0.15, -0.1) is 22.9 Å². The van der Waals surface area contributed by atoms with Gasteiger partial charge in [0.2, 0.25) is 5.91 Å². The van der Waals surface area contributed by atoms with Crippen molar-refractivity contribution in [3.63, 3.8) is 0 Å². The van der Waals surface area contributed by atoms with Crippen molar-refractivity contribution in [1.29, 1.82) is 0 Å². The fourth-order valence-corrected chi connectivity index (χ4v) is 1.88. The highest BCUT2D eigenvalue weighted by molar-refractivity contribution is 7.11. The van der Waals surface area contributed by atoms with Crippen molar-refractivity contribution >= 4 is 34.9 Å². The molecule has 0 saturated heterocycles. The monoisotopic (exact) mass is 261 g/mol. The number of rotatable bonds is 4. The first kappa shape index (κ1) is 12.9. The van der Waals surface area contributed by atoms with Gasteiger partial charge in [0.1, 0.15) is 0 Å². The molecule has 0 spiro atoms. The summed E-state index contributed by atoms with van der Waals surface area (Å²) in [6.45, 7) is 2.25. The van der Waals surface area contributed by atoms with Crippen LogP contribution in [0.25, 0.3) is 0 Å². The first-order chi connectivity index (χ1) is 7.61. The van der Waals surface area contributed by atoms with Crippen LogP contribution >= 0.6 is 22.9 Å². The second-order valence-corrected chi connectivity index (χ2v) is 4.71. The van der Waals surface area contributed by atoms with Crippen molar-refractivity contribution in [1.82, 2.24) is 15.6 Å². The molecule has 0 aliphatic heterocycles. The van der Waals surface area contributed by atoms with E-state index in [1.807, 2.05) is 6.92 Å². The van der Waals surface area contributed by atoms with Crippen molar-refractivity contribution in [2.75, 3.05) is 5.88 Å². The van der Waals surface area contributed by atoms with Gasteiger partial charge in [-0.1, -0.05) is 0 Å². The Labute approximate surface area is 102 Å². The van der Waals surface area contributed by atoms with E-state index in [-0.39, 0.29) is 18.2 Å². The van der Waals surface area contributed by atoms with E-state index < -0.39 is 6.03 Å². The lowest BCUT2D eigenvalue weighted by Gasteiger charge is -2.03. The maximum Gasteiger partial charge on any atom is 0.321 e. The Kier molecular flexibility index (Phi) is 5.21. The van der Waals surface area contributed by atoms with Gasteiger partial charge in [-0.25, -0.2) is 9.78 Å². The number of aromatic nitrogens is 1. The minimum atomic E-state index is -0.513. The minimum Gasteiger partial charge on any atom is -0.333 e. The molecule has 0 saturated carbocycles. The molecule has 1 aromatic heterocycles. The zero-order valence-corrected chi connectivity index (χ0v) is 10.3. The van der Waals surface area contributed by atoms with E-state index >= 15 is 0 Å². The highest BCUT2D eigenvalue weighted by atomic mass is 35.5. The maximum atomic E-state index is 11.2. The molecule has 0 fully saturated rings. The zero-order valence-electron chi connectivity index (χ0n) is 8.75. The van der Waals surface area contributed by atoms with Crippen molar-refractivity contribution in [2.45, 2.75) is 19.9 Å².